The minimum atomic E-state index is 0.0550. The third-order valence-corrected chi connectivity index (χ3v) is 3.14. The van der Waals surface area contributed by atoms with Gasteiger partial charge in [-0.05, 0) is 12.8 Å². The molecule has 0 spiro atoms. The summed E-state index contributed by atoms with van der Waals surface area (Å²) in [5.74, 6) is 0.719. The van der Waals surface area contributed by atoms with E-state index < -0.39 is 0 Å². The smallest absolute Gasteiger partial charge is 0.228 e. The predicted molar refractivity (Wildman–Crippen MR) is 73.0 cm³/mol. The zero-order valence-corrected chi connectivity index (χ0v) is 11.6. The Morgan fingerprint density at radius 1 is 1.56 bits per heavy atom. The normalized spacial score (nSPS) is 12.4. The average molecular weight is 252 g/mol. The lowest BCUT2D eigenvalue weighted by Crippen LogP contribution is -2.23. The number of carbonyl (C=O) groups is 1. The lowest BCUT2D eigenvalue weighted by Gasteiger charge is -2.13. The van der Waals surface area contributed by atoms with Crippen molar-refractivity contribution in [3.05, 3.63) is 11.8 Å². The van der Waals surface area contributed by atoms with E-state index in [4.69, 9.17) is 5.73 Å². The number of anilines is 1. The van der Waals surface area contributed by atoms with Crippen LogP contribution in [0.2, 0.25) is 0 Å². The number of aromatic nitrogens is 2. The minimum Gasteiger partial charge on any atom is -0.326 e. The number of nitrogens with two attached hydrogens (primary N) is 1. The van der Waals surface area contributed by atoms with Gasteiger partial charge in [0.25, 0.3) is 0 Å². The molecular weight excluding hydrogens is 228 g/mol. The third kappa shape index (κ3) is 3.84. The summed E-state index contributed by atoms with van der Waals surface area (Å²) >= 11 is 0. The van der Waals surface area contributed by atoms with Gasteiger partial charge in [0.05, 0.1) is 0 Å². The standard InChI is InChI=1S/C13H24N4O/c1-4-6-7-10(5-2)13(18)15-12-11(8-14)9-17(3)16-12/h9-10H,4-8,14H2,1-3H3,(H,15,16,18). The molecule has 0 bridgehead atoms. The monoisotopic (exact) mass is 252 g/mol. The van der Waals surface area contributed by atoms with Gasteiger partial charge < -0.3 is 11.1 Å². The van der Waals surface area contributed by atoms with Gasteiger partial charge >= 0.3 is 0 Å². The highest BCUT2D eigenvalue weighted by Gasteiger charge is 2.18. The van der Waals surface area contributed by atoms with E-state index >= 15 is 0 Å². The maximum Gasteiger partial charge on any atom is 0.228 e. The summed E-state index contributed by atoms with van der Waals surface area (Å²) in [6.07, 6.45) is 5.82. The van der Waals surface area contributed by atoms with E-state index in [1.807, 2.05) is 20.2 Å². The minimum absolute atomic E-state index is 0.0550. The molecule has 1 amide bonds. The lowest BCUT2D eigenvalue weighted by molar-refractivity contribution is -0.120. The number of nitrogens with zero attached hydrogens (tertiary/aromatic N) is 2. The number of carbonyl (C=O) groups excluding carboxylic acids is 1. The average Bonchev–Trinajstić information content (AvgIpc) is 2.70. The summed E-state index contributed by atoms with van der Waals surface area (Å²) in [7, 11) is 1.82. The molecule has 5 heteroatoms. The summed E-state index contributed by atoms with van der Waals surface area (Å²) in [4.78, 5) is 12.1. The van der Waals surface area contributed by atoms with Crippen molar-refractivity contribution in [2.45, 2.75) is 46.1 Å². The van der Waals surface area contributed by atoms with Crippen molar-refractivity contribution in [1.29, 1.82) is 0 Å². The van der Waals surface area contributed by atoms with Crippen LogP contribution in [-0.4, -0.2) is 15.7 Å². The molecule has 0 aromatic carbocycles. The van der Waals surface area contributed by atoms with Crippen molar-refractivity contribution in [2.24, 2.45) is 18.7 Å². The van der Waals surface area contributed by atoms with Crippen molar-refractivity contribution < 1.29 is 4.79 Å². The molecule has 3 N–H and O–H groups in total. The fourth-order valence-corrected chi connectivity index (χ4v) is 1.98. The van der Waals surface area contributed by atoms with Gasteiger partial charge in [-0.2, -0.15) is 5.10 Å². The van der Waals surface area contributed by atoms with Crippen LogP contribution in [0, 0.1) is 5.92 Å². The molecule has 1 aromatic heterocycles. The van der Waals surface area contributed by atoms with Crippen LogP contribution in [0.1, 0.15) is 45.1 Å². The Balaban J connectivity index is 2.66. The molecule has 0 aliphatic rings. The number of nitrogens with one attached hydrogen (secondary N) is 1. The summed E-state index contributed by atoms with van der Waals surface area (Å²) in [5, 5.41) is 7.11. The predicted octanol–water partition coefficient (Wildman–Crippen LogP) is 2.03. The second kappa shape index (κ2) is 7.16. The van der Waals surface area contributed by atoms with Crippen LogP contribution in [0.15, 0.2) is 6.20 Å². The first-order valence-electron chi connectivity index (χ1n) is 6.65. The first-order chi connectivity index (χ1) is 8.62. The van der Waals surface area contributed by atoms with E-state index in [-0.39, 0.29) is 11.8 Å². The van der Waals surface area contributed by atoms with E-state index in [1.54, 1.807) is 4.68 Å². The van der Waals surface area contributed by atoms with Crippen LogP contribution >= 0.6 is 0 Å². The number of aryl methyl sites for hydroxylation is 1. The van der Waals surface area contributed by atoms with Crippen molar-refractivity contribution >= 4 is 11.7 Å². The van der Waals surface area contributed by atoms with Gasteiger partial charge in [-0.1, -0.05) is 26.7 Å². The van der Waals surface area contributed by atoms with Gasteiger partial charge in [0.15, 0.2) is 5.82 Å². The maximum absolute atomic E-state index is 12.1. The zero-order valence-electron chi connectivity index (χ0n) is 11.6. The summed E-state index contributed by atoms with van der Waals surface area (Å²) in [6.45, 7) is 4.56. The summed E-state index contributed by atoms with van der Waals surface area (Å²) in [5.41, 5.74) is 6.50. The molecule has 0 aliphatic heterocycles. The van der Waals surface area contributed by atoms with Crippen molar-refractivity contribution in [2.75, 3.05) is 5.32 Å². The van der Waals surface area contributed by atoms with Crippen LogP contribution in [0.5, 0.6) is 0 Å². The number of hydrogen-bond acceptors (Lipinski definition) is 3. The number of amides is 1. The molecule has 0 saturated carbocycles. The number of hydrogen-bond donors (Lipinski definition) is 2. The van der Waals surface area contributed by atoms with E-state index in [1.165, 1.54) is 0 Å². The second-order valence-electron chi connectivity index (χ2n) is 4.62. The van der Waals surface area contributed by atoms with E-state index in [9.17, 15) is 4.79 Å². The molecule has 1 aromatic rings. The largest absolute Gasteiger partial charge is 0.326 e. The molecule has 5 nitrogen and oxygen atoms in total. The molecule has 0 aliphatic carbocycles. The Hall–Kier alpha value is -1.36. The van der Waals surface area contributed by atoms with Gasteiger partial charge in [0, 0.05) is 31.3 Å². The number of unbranched alkanes of at least 4 members (excludes halogenated alkanes) is 1. The molecule has 1 atom stereocenters. The highest BCUT2D eigenvalue weighted by Crippen LogP contribution is 2.17. The van der Waals surface area contributed by atoms with Gasteiger partial charge in [-0.15, -0.1) is 0 Å². The third-order valence-electron chi connectivity index (χ3n) is 3.14. The van der Waals surface area contributed by atoms with E-state index in [2.05, 4.69) is 17.3 Å². The summed E-state index contributed by atoms with van der Waals surface area (Å²) < 4.78 is 1.67. The second-order valence-corrected chi connectivity index (χ2v) is 4.62. The Bertz CT molecular complexity index is 386. The Kier molecular flexibility index (Phi) is 5.85. The molecule has 1 rings (SSSR count). The van der Waals surface area contributed by atoms with E-state index in [0.717, 1.165) is 31.2 Å². The molecule has 0 fully saturated rings. The lowest BCUT2D eigenvalue weighted by atomic mass is 9.98. The van der Waals surface area contributed by atoms with Crippen LogP contribution in [0.3, 0.4) is 0 Å². The van der Waals surface area contributed by atoms with Crippen molar-refractivity contribution in [3.8, 4) is 0 Å². The molecule has 0 radical (unpaired) electrons. The van der Waals surface area contributed by atoms with Gasteiger partial charge in [0.1, 0.15) is 0 Å². The summed E-state index contributed by atoms with van der Waals surface area (Å²) in [6, 6.07) is 0. The van der Waals surface area contributed by atoms with Crippen molar-refractivity contribution in [1.82, 2.24) is 9.78 Å². The van der Waals surface area contributed by atoms with Gasteiger partial charge in [0.2, 0.25) is 5.91 Å². The van der Waals surface area contributed by atoms with Crippen LogP contribution in [0.4, 0.5) is 5.82 Å². The van der Waals surface area contributed by atoms with Crippen LogP contribution < -0.4 is 11.1 Å². The first kappa shape index (κ1) is 14.7. The zero-order chi connectivity index (χ0) is 13.5. The van der Waals surface area contributed by atoms with Crippen LogP contribution in [0.25, 0.3) is 0 Å². The molecule has 18 heavy (non-hydrogen) atoms. The quantitative estimate of drug-likeness (QED) is 0.780. The highest BCUT2D eigenvalue weighted by atomic mass is 16.2. The Morgan fingerprint density at radius 3 is 2.83 bits per heavy atom. The molecule has 1 heterocycles. The fraction of sp³-hybridized carbons (Fsp3) is 0.692. The van der Waals surface area contributed by atoms with Gasteiger partial charge in [-0.3, -0.25) is 9.48 Å². The fourth-order valence-electron chi connectivity index (χ4n) is 1.98. The SMILES string of the molecule is CCCCC(CC)C(=O)Nc1nn(C)cc1CN. The Morgan fingerprint density at radius 2 is 2.28 bits per heavy atom. The Labute approximate surface area is 109 Å². The molecule has 0 saturated heterocycles. The molecule has 1 unspecified atom stereocenters. The van der Waals surface area contributed by atoms with Gasteiger partial charge in [-0.25, -0.2) is 0 Å². The maximum atomic E-state index is 12.1. The van der Waals surface area contributed by atoms with Crippen LogP contribution in [-0.2, 0) is 18.4 Å². The van der Waals surface area contributed by atoms with Crippen molar-refractivity contribution in [3.63, 3.8) is 0 Å². The molecular formula is C13H24N4O. The number of rotatable bonds is 7. The first-order valence-corrected chi connectivity index (χ1v) is 6.65. The highest BCUT2D eigenvalue weighted by molar-refractivity contribution is 5.92. The molecule has 102 valence electrons. The van der Waals surface area contributed by atoms with E-state index in [0.29, 0.717) is 12.4 Å². The topological polar surface area (TPSA) is 72.9 Å².